The van der Waals surface area contributed by atoms with Gasteiger partial charge >= 0.3 is 0 Å². The van der Waals surface area contributed by atoms with Gasteiger partial charge in [0, 0.05) is 18.5 Å². The van der Waals surface area contributed by atoms with Crippen LogP contribution in [0.1, 0.15) is 19.5 Å². The zero-order valence-corrected chi connectivity index (χ0v) is 13.1. The second-order valence-corrected chi connectivity index (χ2v) is 5.78. The van der Waals surface area contributed by atoms with E-state index in [0.717, 1.165) is 11.4 Å². The molecule has 0 aliphatic carbocycles. The van der Waals surface area contributed by atoms with Crippen molar-refractivity contribution in [2.45, 2.75) is 19.3 Å². The number of nitrogens with zero attached hydrogens (tertiary/aromatic N) is 3. The van der Waals surface area contributed by atoms with Crippen molar-refractivity contribution in [1.29, 1.82) is 0 Å². The summed E-state index contributed by atoms with van der Waals surface area (Å²) in [6.07, 6.45) is 3.51. The van der Waals surface area contributed by atoms with Crippen molar-refractivity contribution in [2.24, 2.45) is 0 Å². The summed E-state index contributed by atoms with van der Waals surface area (Å²) in [6.45, 7) is 3.69. The average Bonchev–Trinajstić information content (AvgIpc) is 3.05. The lowest BCUT2D eigenvalue weighted by Crippen LogP contribution is -2.35. The summed E-state index contributed by atoms with van der Waals surface area (Å²) in [5.41, 5.74) is 0.926. The Morgan fingerprint density at radius 3 is 2.48 bits per heavy atom. The molecule has 116 valence electrons. The fourth-order valence-corrected chi connectivity index (χ4v) is 2.24. The molecular weight excluding hydrogens is 288 g/mol. The molecular formula is C18H18N4O. The van der Waals surface area contributed by atoms with Gasteiger partial charge in [0.1, 0.15) is 0 Å². The number of carbonyl (C=O) groups excluding carboxylic acids is 1. The highest BCUT2D eigenvalue weighted by Crippen LogP contribution is 2.23. The predicted molar refractivity (Wildman–Crippen MR) is 89.5 cm³/mol. The minimum Gasteiger partial charge on any atom is -0.308 e. The third kappa shape index (κ3) is 3.13. The van der Waals surface area contributed by atoms with Crippen LogP contribution >= 0.6 is 0 Å². The Hall–Kier alpha value is -2.95. The third-order valence-electron chi connectivity index (χ3n) is 3.72. The van der Waals surface area contributed by atoms with Crippen molar-refractivity contribution in [1.82, 2.24) is 14.8 Å². The summed E-state index contributed by atoms with van der Waals surface area (Å²) in [4.78, 5) is 16.9. The largest absolute Gasteiger partial charge is 0.308 e. The Labute approximate surface area is 135 Å². The van der Waals surface area contributed by atoms with Crippen LogP contribution in [-0.4, -0.2) is 20.7 Å². The molecule has 5 nitrogen and oxygen atoms in total. The maximum absolute atomic E-state index is 12.6. The van der Waals surface area contributed by atoms with Gasteiger partial charge in [0.05, 0.1) is 16.8 Å². The number of carbonyl (C=O) groups is 1. The number of para-hydroxylation sites is 1. The quantitative estimate of drug-likeness (QED) is 0.805. The van der Waals surface area contributed by atoms with E-state index in [1.54, 1.807) is 16.9 Å². The second-order valence-electron chi connectivity index (χ2n) is 5.78. The molecule has 3 rings (SSSR count). The van der Waals surface area contributed by atoms with Crippen LogP contribution < -0.4 is 5.32 Å². The maximum atomic E-state index is 12.6. The standard InChI is InChI=1S/C18H18N4O/c1-18(2,15-10-6-7-12-19-15)17(23)20-16-11-13-22(21-16)14-8-4-3-5-9-14/h3-13H,1-2H3,(H,20,21,23). The Kier molecular flexibility index (Phi) is 3.93. The molecule has 1 N–H and O–H groups in total. The summed E-state index contributed by atoms with van der Waals surface area (Å²) in [5, 5.41) is 7.25. The molecule has 0 atom stereocenters. The zero-order valence-electron chi connectivity index (χ0n) is 13.1. The Morgan fingerprint density at radius 2 is 1.78 bits per heavy atom. The fourth-order valence-electron chi connectivity index (χ4n) is 2.24. The highest BCUT2D eigenvalue weighted by Gasteiger charge is 2.31. The molecule has 0 aliphatic heterocycles. The Bertz CT molecular complexity index is 794. The number of anilines is 1. The number of amides is 1. The summed E-state index contributed by atoms with van der Waals surface area (Å²) >= 11 is 0. The monoisotopic (exact) mass is 306 g/mol. The number of hydrogen-bond donors (Lipinski definition) is 1. The number of pyridine rings is 1. The Morgan fingerprint density at radius 1 is 1.04 bits per heavy atom. The van der Waals surface area contributed by atoms with Gasteiger partial charge in [-0.3, -0.25) is 9.78 Å². The normalized spacial score (nSPS) is 11.2. The van der Waals surface area contributed by atoms with Gasteiger partial charge in [0.15, 0.2) is 5.82 Å². The average molecular weight is 306 g/mol. The highest BCUT2D eigenvalue weighted by atomic mass is 16.2. The molecule has 0 spiro atoms. The number of aromatic nitrogens is 3. The molecule has 1 aromatic carbocycles. The van der Waals surface area contributed by atoms with E-state index in [2.05, 4.69) is 15.4 Å². The van der Waals surface area contributed by atoms with Gasteiger partial charge in [0.2, 0.25) is 5.91 Å². The van der Waals surface area contributed by atoms with E-state index in [4.69, 9.17) is 0 Å². The van der Waals surface area contributed by atoms with Gasteiger partial charge in [0.25, 0.3) is 0 Å². The van der Waals surface area contributed by atoms with Crippen molar-refractivity contribution in [2.75, 3.05) is 5.32 Å². The van der Waals surface area contributed by atoms with E-state index < -0.39 is 5.41 Å². The zero-order chi connectivity index (χ0) is 16.3. The summed E-state index contributed by atoms with van der Waals surface area (Å²) in [7, 11) is 0. The summed E-state index contributed by atoms with van der Waals surface area (Å²) in [6, 6.07) is 17.1. The van der Waals surface area contributed by atoms with Crippen molar-refractivity contribution in [3.63, 3.8) is 0 Å². The molecule has 0 fully saturated rings. The number of benzene rings is 1. The number of hydrogen-bond acceptors (Lipinski definition) is 3. The molecule has 0 saturated carbocycles. The minimum absolute atomic E-state index is 0.144. The molecule has 2 aromatic heterocycles. The Balaban J connectivity index is 1.77. The summed E-state index contributed by atoms with van der Waals surface area (Å²) in [5.74, 6) is 0.373. The first-order chi connectivity index (χ1) is 11.1. The van der Waals surface area contributed by atoms with Crippen LogP contribution in [0.25, 0.3) is 5.69 Å². The van der Waals surface area contributed by atoms with Crippen LogP contribution in [0.2, 0.25) is 0 Å². The van der Waals surface area contributed by atoms with Crippen molar-refractivity contribution < 1.29 is 4.79 Å². The van der Waals surface area contributed by atoms with Crippen LogP contribution in [0.5, 0.6) is 0 Å². The minimum atomic E-state index is -0.738. The van der Waals surface area contributed by atoms with Crippen molar-refractivity contribution >= 4 is 11.7 Å². The lowest BCUT2D eigenvalue weighted by atomic mass is 9.87. The van der Waals surface area contributed by atoms with E-state index in [1.165, 1.54) is 0 Å². The van der Waals surface area contributed by atoms with Crippen molar-refractivity contribution in [3.05, 3.63) is 72.7 Å². The molecule has 0 radical (unpaired) electrons. The van der Waals surface area contributed by atoms with Crippen LogP contribution in [0.3, 0.4) is 0 Å². The SMILES string of the molecule is CC(C)(C(=O)Nc1ccn(-c2ccccc2)n1)c1ccccn1. The number of rotatable bonds is 4. The topological polar surface area (TPSA) is 59.8 Å². The molecule has 0 unspecified atom stereocenters. The maximum Gasteiger partial charge on any atom is 0.237 e. The molecule has 23 heavy (non-hydrogen) atoms. The molecule has 1 amide bonds. The summed E-state index contributed by atoms with van der Waals surface area (Å²) < 4.78 is 1.73. The van der Waals surface area contributed by atoms with Crippen LogP contribution in [0.15, 0.2) is 67.0 Å². The second kappa shape index (κ2) is 6.04. The van der Waals surface area contributed by atoms with Gasteiger partial charge in [-0.15, -0.1) is 0 Å². The molecule has 2 heterocycles. The van der Waals surface area contributed by atoms with Crippen LogP contribution in [0, 0.1) is 0 Å². The van der Waals surface area contributed by atoms with E-state index >= 15 is 0 Å². The van der Waals surface area contributed by atoms with Gasteiger partial charge < -0.3 is 5.32 Å². The van der Waals surface area contributed by atoms with Crippen LogP contribution in [-0.2, 0) is 10.2 Å². The van der Waals surface area contributed by atoms with E-state index in [1.807, 2.05) is 68.6 Å². The number of nitrogens with one attached hydrogen (secondary N) is 1. The third-order valence-corrected chi connectivity index (χ3v) is 3.72. The molecule has 0 saturated heterocycles. The lowest BCUT2D eigenvalue weighted by molar-refractivity contribution is -0.120. The molecule has 0 bridgehead atoms. The highest BCUT2D eigenvalue weighted by molar-refractivity contribution is 5.97. The molecule has 5 heteroatoms. The van der Waals surface area contributed by atoms with E-state index in [-0.39, 0.29) is 5.91 Å². The first-order valence-electron chi connectivity index (χ1n) is 7.41. The van der Waals surface area contributed by atoms with E-state index in [0.29, 0.717) is 5.82 Å². The first-order valence-corrected chi connectivity index (χ1v) is 7.41. The van der Waals surface area contributed by atoms with Gasteiger partial charge in [-0.2, -0.15) is 5.10 Å². The van der Waals surface area contributed by atoms with E-state index in [9.17, 15) is 4.79 Å². The van der Waals surface area contributed by atoms with Gasteiger partial charge in [-0.05, 0) is 38.1 Å². The predicted octanol–water partition coefficient (Wildman–Crippen LogP) is 3.18. The lowest BCUT2D eigenvalue weighted by Gasteiger charge is -2.22. The van der Waals surface area contributed by atoms with Crippen LogP contribution in [0.4, 0.5) is 5.82 Å². The smallest absolute Gasteiger partial charge is 0.237 e. The van der Waals surface area contributed by atoms with Crippen molar-refractivity contribution in [3.8, 4) is 5.69 Å². The van der Waals surface area contributed by atoms with Gasteiger partial charge in [-0.1, -0.05) is 24.3 Å². The molecule has 0 aliphatic rings. The molecule has 3 aromatic rings. The van der Waals surface area contributed by atoms with Gasteiger partial charge in [-0.25, -0.2) is 4.68 Å². The fraction of sp³-hybridized carbons (Fsp3) is 0.167. The first kappa shape index (κ1) is 15.0.